The number of rotatable bonds is 4. The van der Waals surface area contributed by atoms with Crippen LogP contribution >= 0.6 is 15.9 Å². The molecule has 18 heavy (non-hydrogen) atoms. The minimum absolute atomic E-state index is 0.134. The van der Waals surface area contributed by atoms with Crippen LogP contribution in [0.2, 0.25) is 0 Å². The van der Waals surface area contributed by atoms with Crippen molar-refractivity contribution < 1.29 is 4.39 Å². The van der Waals surface area contributed by atoms with Gasteiger partial charge in [-0.15, -0.1) is 0 Å². The fourth-order valence-electron chi connectivity index (χ4n) is 2.15. The third-order valence-corrected chi connectivity index (χ3v) is 4.32. The van der Waals surface area contributed by atoms with Gasteiger partial charge in [0.1, 0.15) is 5.84 Å². The number of nitrogen functional groups attached to an aromatic ring is 1. The second-order valence-electron chi connectivity index (χ2n) is 5.03. The second kappa shape index (κ2) is 4.88. The van der Waals surface area contributed by atoms with E-state index >= 15 is 0 Å². The Kier molecular flexibility index (Phi) is 3.61. The predicted octanol–water partition coefficient (Wildman–Crippen LogP) is 2.96. The quantitative estimate of drug-likeness (QED) is 0.663. The third-order valence-electron chi connectivity index (χ3n) is 3.55. The van der Waals surface area contributed by atoms with E-state index in [0.717, 1.165) is 12.5 Å². The molecule has 0 aromatic heterocycles. The molecule has 3 N–H and O–H groups in total. The minimum atomic E-state index is -0.349. The molecule has 98 valence electrons. The van der Waals surface area contributed by atoms with E-state index in [1.807, 2.05) is 11.9 Å². The van der Waals surface area contributed by atoms with Gasteiger partial charge in [-0.2, -0.15) is 0 Å². The molecule has 1 aliphatic carbocycles. The average Bonchev–Trinajstić information content (AvgIpc) is 2.97. The van der Waals surface area contributed by atoms with Gasteiger partial charge in [0.15, 0.2) is 5.82 Å². The van der Waals surface area contributed by atoms with Crippen molar-refractivity contribution >= 4 is 27.5 Å². The molecule has 3 nitrogen and oxygen atoms in total. The molecule has 2 unspecified atom stereocenters. The van der Waals surface area contributed by atoms with Crippen molar-refractivity contribution in [2.75, 3.05) is 18.5 Å². The molecule has 0 amide bonds. The molecule has 2 atom stereocenters. The fourth-order valence-corrected chi connectivity index (χ4v) is 2.69. The molecule has 1 aromatic rings. The number of benzene rings is 1. The van der Waals surface area contributed by atoms with Gasteiger partial charge in [-0.05, 0) is 46.3 Å². The van der Waals surface area contributed by atoms with Gasteiger partial charge >= 0.3 is 0 Å². The average molecular weight is 314 g/mol. The summed E-state index contributed by atoms with van der Waals surface area (Å²) in [5.41, 5.74) is 6.33. The molecule has 1 saturated carbocycles. The monoisotopic (exact) mass is 313 g/mol. The highest BCUT2D eigenvalue weighted by Gasteiger charge is 2.33. The van der Waals surface area contributed by atoms with Gasteiger partial charge in [-0.3, -0.25) is 5.41 Å². The molecule has 5 heteroatoms. The largest absolute Gasteiger partial charge is 0.384 e. The zero-order valence-corrected chi connectivity index (χ0v) is 12.1. The lowest BCUT2D eigenvalue weighted by atomic mass is 10.1. The van der Waals surface area contributed by atoms with Crippen LogP contribution in [0.15, 0.2) is 16.6 Å². The summed E-state index contributed by atoms with van der Waals surface area (Å²) in [6.45, 7) is 3.08. The Balaban J connectivity index is 2.23. The van der Waals surface area contributed by atoms with E-state index in [1.165, 1.54) is 6.42 Å². The first-order chi connectivity index (χ1) is 8.41. The van der Waals surface area contributed by atoms with Crippen LogP contribution < -0.4 is 10.6 Å². The van der Waals surface area contributed by atoms with E-state index in [9.17, 15) is 4.39 Å². The first-order valence-electron chi connectivity index (χ1n) is 5.95. The number of hydrogen-bond donors (Lipinski definition) is 2. The summed E-state index contributed by atoms with van der Waals surface area (Å²) in [4.78, 5) is 1.93. The van der Waals surface area contributed by atoms with E-state index in [-0.39, 0.29) is 16.1 Å². The highest BCUT2D eigenvalue weighted by Crippen LogP contribution is 2.39. The van der Waals surface area contributed by atoms with Crippen LogP contribution in [0.25, 0.3) is 0 Å². The van der Waals surface area contributed by atoms with Crippen LogP contribution in [-0.2, 0) is 0 Å². The Morgan fingerprint density at radius 2 is 2.22 bits per heavy atom. The Labute approximate surface area is 115 Å². The van der Waals surface area contributed by atoms with E-state index in [1.54, 1.807) is 12.1 Å². The molecule has 0 bridgehead atoms. The Hall–Kier alpha value is -1.10. The number of nitrogens with two attached hydrogens (primary N) is 1. The molecular weight excluding hydrogens is 297 g/mol. The van der Waals surface area contributed by atoms with Crippen LogP contribution in [0.4, 0.5) is 10.1 Å². The van der Waals surface area contributed by atoms with Crippen LogP contribution in [0.1, 0.15) is 18.9 Å². The first-order valence-corrected chi connectivity index (χ1v) is 6.74. The Morgan fingerprint density at radius 1 is 1.61 bits per heavy atom. The number of nitrogens with zero attached hydrogens (tertiary/aromatic N) is 1. The van der Waals surface area contributed by atoms with Gasteiger partial charge < -0.3 is 10.6 Å². The maximum atomic E-state index is 14.2. The lowest BCUT2D eigenvalue weighted by molar-refractivity contribution is 0.610. The zero-order chi connectivity index (χ0) is 13.4. The van der Waals surface area contributed by atoms with Crippen molar-refractivity contribution in [2.45, 2.75) is 13.3 Å². The van der Waals surface area contributed by atoms with Crippen LogP contribution in [0, 0.1) is 23.1 Å². The van der Waals surface area contributed by atoms with Gasteiger partial charge in [0.2, 0.25) is 0 Å². The van der Waals surface area contributed by atoms with Gasteiger partial charge in [0, 0.05) is 19.2 Å². The third kappa shape index (κ3) is 2.51. The lowest BCUT2D eigenvalue weighted by Gasteiger charge is -2.21. The maximum absolute atomic E-state index is 14.2. The highest BCUT2D eigenvalue weighted by molar-refractivity contribution is 9.10. The van der Waals surface area contributed by atoms with Crippen molar-refractivity contribution in [1.82, 2.24) is 0 Å². The summed E-state index contributed by atoms with van der Waals surface area (Å²) in [6.07, 6.45) is 1.22. The number of anilines is 1. The van der Waals surface area contributed by atoms with Crippen molar-refractivity contribution in [3.63, 3.8) is 0 Å². The molecule has 0 aliphatic heterocycles. The summed E-state index contributed by atoms with van der Waals surface area (Å²) < 4.78 is 14.5. The number of hydrogen-bond acceptors (Lipinski definition) is 2. The molecule has 1 fully saturated rings. The van der Waals surface area contributed by atoms with E-state index in [4.69, 9.17) is 11.1 Å². The SMILES string of the molecule is CC1CC1CN(C)c1ccc(C(=N)N)c(Br)c1F. The van der Waals surface area contributed by atoms with Crippen LogP contribution in [0.5, 0.6) is 0 Å². The highest BCUT2D eigenvalue weighted by atomic mass is 79.9. The molecule has 0 heterocycles. The fraction of sp³-hybridized carbons (Fsp3) is 0.462. The lowest BCUT2D eigenvalue weighted by Crippen LogP contribution is -2.22. The number of halogens is 2. The van der Waals surface area contributed by atoms with Crippen molar-refractivity contribution in [1.29, 1.82) is 5.41 Å². The molecule has 2 rings (SSSR count). The molecule has 1 aromatic carbocycles. The van der Waals surface area contributed by atoms with Gasteiger partial charge in [0.25, 0.3) is 0 Å². The van der Waals surface area contributed by atoms with Crippen LogP contribution in [0.3, 0.4) is 0 Å². The molecule has 0 spiro atoms. The van der Waals surface area contributed by atoms with Crippen molar-refractivity contribution in [3.05, 3.63) is 28.0 Å². The van der Waals surface area contributed by atoms with E-state index in [2.05, 4.69) is 22.9 Å². The molecule has 0 saturated heterocycles. The number of nitrogens with one attached hydrogen (secondary N) is 1. The standard InChI is InChI=1S/C13H17BrFN3/c1-7-5-8(7)6-18(2)10-4-3-9(13(16)17)11(14)12(10)15/h3-4,7-8H,5-6H2,1-2H3,(H3,16,17). The Morgan fingerprint density at radius 3 is 2.72 bits per heavy atom. The second-order valence-corrected chi connectivity index (χ2v) is 5.82. The zero-order valence-electron chi connectivity index (χ0n) is 10.5. The predicted molar refractivity (Wildman–Crippen MR) is 75.7 cm³/mol. The van der Waals surface area contributed by atoms with Gasteiger partial charge in [0.05, 0.1) is 10.2 Å². The molecular formula is C13H17BrFN3. The summed E-state index contributed by atoms with van der Waals surface area (Å²) in [7, 11) is 1.89. The molecule has 1 aliphatic rings. The van der Waals surface area contributed by atoms with Crippen molar-refractivity contribution in [2.24, 2.45) is 17.6 Å². The van der Waals surface area contributed by atoms with Gasteiger partial charge in [-0.1, -0.05) is 6.92 Å². The maximum Gasteiger partial charge on any atom is 0.161 e. The normalized spacial score (nSPS) is 21.8. The summed E-state index contributed by atoms with van der Waals surface area (Å²) in [6, 6.07) is 3.36. The van der Waals surface area contributed by atoms with Crippen LogP contribution in [-0.4, -0.2) is 19.4 Å². The summed E-state index contributed by atoms with van der Waals surface area (Å²) in [5.74, 6) is 0.931. The first kappa shape index (κ1) is 13.3. The van der Waals surface area contributed by atoms with E-state index in [0.29, 0.717) is 17.2 Å². The summed E-state index contributed by atoms with van der Waals surface area (Å²) in [5, 5.41) is 7.37. The number of amidine groups is 1. The molecule has 0 radical (unpaired) electrons. The smallest absolute Gasteiger partial charge is 0.161 e. The topological polar surface area (TPSA) is 53.1 Å². The van der Waals surface area contributed by atoms with E-state index < -0.39 is 0 Å². The van der Waals surface area contributed by atoms with Gasteiger partial charge in [-0.25, -0.2) is 4.39 Å². The Bertz CT molecular complexity index is 489. The van der Waals surface area contributed by atoms with Crippen molar-refractivity contribution in [3.8, 4) is 0 Å². The minimum Gasteiger partial charge on any atom is -0.384 e. The summed E-state index contributed by atoms with van der Waals surface area (Å²) >= 11 is 3.17.